The first-order valence-corrected chi connectivity index (χ1v) is 8.37. The van der Waals surface area contributed by atoms with Crippen molar-refractivity contribution >= 4 is 5.91 Å². The fourth-order valence-corrected chi connectivity index (χ4v) is 3.21. The van der Waals surface area contributed by atoms with Crippen LogP contribution in [0.5, 0.6) is 11.5 Å². The average Bonchev–Trinajstić information content (AvgIpc) is 3.25. The quantitative estimate of drug-likeness (QED) is 0.786. The maximum atomic E-state index is 13.0. The van der Waals surface area contributed by atoms with E-state index >= 15 is 0 Å². The highest BCUT2D eigenvalue weighted by Crippen LogP contribution is 2.33. The highest BCUT2D eigenvalue weighted by Gasteiger charge is 2.27. The van der Waals surface area contributed by atoms with Gasteiger partial charge in [-0.05, 0) is 18.2 Å². The smallest absolute Gasteiger partial charge is 0.255 e. The highest BCUT2D eigenvalue weighted by atomic mass is 16.5. The van der Waals surface area contributed by atoms with Gasteiger partial charge in [-0.2, -0.15) is 5.10 Å². The van der Waals surface area contributed by atoms with Gasteiger partial charge in [0.25, 0.3) is 5.91 Å². The SMILES string of the molecule is COc1ccccc1-c1nn(C)cc1C(=O)NC1COc2ccccc21. The van der Waals surface area contributed by atoms with Crippen LogP contribution in [0.15, 0.2) is 54.7 Å². The molecule has 1 N–H and O–H groups in total. The number of nitrogens with one attached hydrogen (secondary N) is 1. The molecule has 0 saturated carbocycles. The third-order valence-corrected chi connectivity index (χ3v) is 4.44. The van der Waals surface area contributed by atoms with Gasteiger partial charge in [-0.3, -0.25) is 9.48 Å². The van der Waals surface area contributed by atoms with Crippen molar-refractivity contribution in [3.63, 3.8) is 0 Å². The second kappa shape index (κ2) is 6.55. The van der Waals surface area contributed by atoms with E-state index in [-0.39, 0.29) is 11.9 Å². The molecular formula is C20H19N3O3. The number of hydrogen-bond acceptors (Lipinski definition) is 4. The summed E-state index contributed by atoms with van der Waals surface area (Å²) in [4.78, 5) is 13.0. The lowest BCUT2D eigenvalue weighted by molar-refractivity contribution is 0.0931. The Labute approximate surface area is 151 Å². The van der Waals surface area contributed by atoms with Crippen LogP contribution in [0.2, 0.25) is 0 Å². The maximum Gasteiger partial charge on any atom is 0.255 e. The van der Waals surface area contributed by atoms with Crippen LogP contribution in [0.1, 0.15) is 22.0 Å². The fraction of sp³-hybridized carbons (Fsp3) is 0.200. The zero-order chi connectivity index (χ0) is 18.1. The average molecular weight is 349 g/mol. The van der Waals surface area contributed by atoms with Gasteiger partial charge >= 0.3 is 0 Å². The molecule has 1 aliphatic heterocycles. The Kier molecular flexibility index (Phi) is 4.08. The molecule has 2 heterocycles. The molecule has 1 unspecified atom stereocenters. The number of nitrogens with zero attached hydrogens (tertiary/aromatic N) is 2. The number of para-hydroxylation sites is 2. The number of ether oxygens (including phenoxy) is 2. The lowest BCUT2D eigenvalue weighted by Gasteiger charge is -2.12. The minimum atomic E-state index is -0.190. The molecule has 0 radical (unpaired) electrons. The molecule has 4 rings (SSSR count). The lowest BCUT2D eigenvalue weighted by Crippen LogP contribution is -2.29. The van der Waals surface area contributed by atoms with Gasteiger partial charge in [0.2, 0.25) is 0 Å². The summed E-state index contributed by atoms with van der Waals surface area (Å²) in [5, 5.41) is 7.53. The predicted molar refractivity (Wildman–Crippen MR) is 97.3 cm³/mol. The molecule has 0 spiro atoms. The Balaban J connectivity index is 1.66. The summed E-state index contributed by atoms with van der Waals surface area (Å²) < 4.78 is 12.7. The van der Waals surface area contributed by atoms with Gasteiger partial charge in [-0.1, -0.05) is 30.3 Å². The number of hydrogen-bond donors (Lipinski definition) is 1. The second-order valence-electron chi connectivity index (χ2n) is 6.14. The minimum absolute atomic E-state index is 0.176. The molecule has 0 bridgehead atoms. The first-order chi connectivity index (χ1) is 12.7. The molecular weight excluding hydrogens is 330 g/mol. The van der Waals surface area contributed by atoms with Gasteiger partial charge in [0.05, 0.1) is 18.7 Å². The standard InChI is InChI=1S/C20H19N3O3/c1-23-11-15(19(22-23)14-8-4-5-9-17(14)25-2)20(24)21-16-12-26-18-10-6-3-7-13(16)18/h3-11,16H,12H2,1-2H3,(H,21,24). The Hall–Kier alpha value is -3.28. The summed E-state index contributed by atoms with van der Waals surface area (Å²) in [7, 11) is 3.40. The van der Waals surface area contributed by atoms with Gasteiger partial charge < -0.3 is 14.8 Å². The topological polar surface area (TPSA) is 65.4 Å². The van der Waals surface area contributed by atoms with Crippen LogP contribution in [-0.4, -0.2) is 29.4 Å². The third kappa shape index (κ3) is 2.79. The first-order valence-electron chi connectivity index (χ1n) is 8.37. The molecule has 2 aromatic carbocycles. The van der Waals surface area contributed by atoms with Crippen molar-refractivity contribution in [3.8, 4) is 22.8 Å². The molecule has 1 aliphatic rings. The summed E-state index contributed by atoms with van der Waals surface area (Å²) in [5.74, 6) is 1.30. The number of aryl methyl sites for hydroxylation is 1. The van der Waals surface area contributed by atoms with Crippen LogP contribution in [0.4, 0.5) is 0 Å². The predicted octanol–water partition coefficient (Wildman–Crippen LogP) is 2.96. The normalized spacial score (nSPS) is 15.2. The summed E-state index contributed by atoms with van der Waals surface area (Å²) in [6.07, 6.45) is 1.72. The Morgan fingerprint density at radius 1 is 1.23 bits per heavy atom. The van der Waals surface area contributed by atoms with Crippen molar-refractivity contribution in [2.75, 3.05) is 13.7 Å². The molecule has 1 aromatic heterocycles. The van der Waals surface area contributed by atoms with Gasteiger partial charge in [-0.25, -0.2) is 0 Å². The van der Waals surface area contributed by atoms with E-state index in [2.05, 4.69) is 10.4 Å². The van der Waals surface area contributed by atoms with Crippen molar-refractivity contribution in [2.45, 2.75) is 6.04 Å². The molecule has 1 amide bonds. The largest absolute Gasteiger partial charge is 0.496 e. The van der Waals surface area contributed by atoms with Crippen LogP contribution in [0, 0.1) is 0 Å². The van der Waals surface area contributed by atoms with E-state index in [1.807, 2.05) is 48.5 Å². The maximum absolute atomic E-state index is 13.0. The lowest BCUT2D eigenvalue weighted by atomic mass is 10.1. The molecule has 0 fully saturated rings. The van der Waals surface area contributed by atoms with E-state index in [4.69, 9.17) is 9.47 Å². The fourth-order valence-electron chi connectivity index (χ4n) is 3.21. The third-order valence-electron chi connectivity index (χ3n) is 4.44. The van der Waals surface area contributed by atoms with E-state index in [0.717, 1.165) is 16.9 Å². The van der Waals surface area contributed by atoms with E-state index < -0.39 is 0 Å². The molecule has 132 valence electrons. The van der Waals surface area contributed by atoms with Crippen molar-refractivity contribution in [2.24, 2.45) is 7.05 Å². The number of benzene rings is 2. The van der Waals surface area contributed by atoms with Gasteiger partial charge in [0.1, 0.15) is 23.8 Å². The molecule has 0 saturated heterocycles. The molecule has 6 heteroatoms. The number of rotatable bonds is 4. The second-order valence-corrected chi connectivity index (χ2v) is 6.14. The van der Waals surface area contributed by atoms with Crippen molar-refractivity contribution < 1.29 is 14.3 Å². The van der Waals surface area contributed by atoms with Crippen LogP contribution in [-0.2, 0) is 7.05 Å². The number of aromatic nitrogens is 2. The Morgan fingerprint density at radius 3 is 2.85 bits per heavy atom. The molecule has 3 aromatic rings. The molecule has 26 heavy (non-hydrogen) atoms. The Morgan fingerprint density at radius 2 is 2.00 bits per heavy atom. The number of fused-ring (bicyclic) bond motifs is 1. The molecule has 1 atom stereocenters. The number of carbonyl (C=O) groups excluding carboxylic acids is 1. The van der Waals surface area contributed by atoms with Crippen LogP contribution in [0.3, 0.4) is 0 Å². The van der Waals surface area contributed by atoms with Crippen LogP contribution in [0.25, 0.3) is 11.3 Å². The van der Waals surface area contributed by atoms with Crippen molar-refractivity contribution in [1.29, 1.82) is 0 Å². The van der Waals surface area contributed by atoms with E-state index in [1.54, 1.807) is 25.0 Å². The zero-order valence-corrected chi connectivity index (χ0v) is 14.6. The molecule has 0 aliphatic carbocycles. The number of carbonyl (C=O) groups is 1. The van der Waals surface area contributed by atoms with Gasteiger partial charge in [0.15, 0.2) is 0 Å². The highest BCUT2D eigenvalue weighted by molar-refractivity contribution is 6.00. The van der Waals surface area contributed by atoms with Gasteiger partial charge in [0, 0.05) is 24.4 Å². The first kappa shape index (κ1) is 16.2. The van der Waals surface area contributed by atoms with Crippen LogP contribution < -0.4 is 14.8 Å². The summed E-state index contributed by atoms with van der Waals surface area (Å²) in [6, 6.07) is 15.1. The van der Waals surface area contributed by atoms with Crippen molar-refractivity contribution in [1.82, 2.24) is 15.1 Å². The zero-order valence-electron chi connectivity index (χ0n) is 14.6. The molecule has 6 nitrogen and oxygen atoms in total. The number of amides is 1. The minimum Gasteiger partial charge on any atom is -0.496 e. The van der Waals surface area contributed by atoms with E-state index in [1.165, 1.54) is 0 Å². The number of methoxy groups -OCH3 is 1. The Bertz CT molecular complexity index is 964. The van der Waals surface area contributed by atoms with Gasteiger partial charge in [-0.15, -0.1) is 0 Å². The van der Waals surface area contributed by atoms with Crippen LogP contribution >= 0.6 is 0 Å². The van der Waals surface area contributed by atoms with Crippen molar-refractivity contribution in [3.05, 3.63) is 65.9 Å². The summed E-state index contributed by atoms with van der Waals surface area (Å²) in [5.41, 5.74) is 2.86. The monoisotopic (exact) mass is 349 g/mol. The summed E-state index contributed by atoms with van der Waals surface area (Å²) in [6.45, 7) is 0.426. The van der Waals surface area contributed by atoms with E-state index in [9.17, 15) is 4.79 Å². The summed E-state index contributed by atoms with van der Waals surface area (Å²) >= 11 is 0. The van der Waals surface area contributed by atoms with E-state index in [0.29, 0.717) is 23.6 Å².